The van der Waals surface area contributed by atoms with Gasteiger partial charge in [-0.1, -0.05) is 29.9 Å². The van der Waals surface area contributed by atoms with Crippen molar-refractivity contribution in [2.75, 3.05) is 0 Å². The molecular formula is C22H22O5. The highest BCUT2D eigenvalue weighted by molar-refractivity contribution is 6.08. The highest BCUT2D eigenvalue weighted by atomic mass is 16.4. The van der Waals surface area contributed by atoms with Crippen molar-refractivity contribution in [1.82, 2.24) is 0 Å². The molecule has 0 saturated carbocycles. The number of aromatic hydroxyl groups is 2. The molecule has 27 heavy (non-hydrogen) atoms. The minimum absolute atomic E-state index is 0.0496. The number of hydrogen-bond acceptors (Lipinski definition) is 4. The van der Waals surface area contributed by atoms with Gasteiger partial charge in [0.2, 0.25) is 0 Å². The normalized spacial score (nSPS) is 10.7. The summed E-state index contributed by atoms with van der Waals surface area (Å²) in [7, 11) is 0. The van der Waals surface area contributed by atoms with Gasteiger partial charge in [-0.15, -0.1) is 0 Å². The maximum absolute atomic E-state index is 12.4. The number of carbonyl (C=O) groups excluding carboxylic acids is 1. The fourth-order valence-corrected chi connectivity index (χ4v) is 2.51. The Morgan fingerprint density at radius 3 is 2.37 bits per heavy atom. The first-order chi connectivity index (χ1) is 12.8. The summed E-state index contributed by atoms with van der Waals surface area (Å²) in [6.07, 6.45) is 5.27. The van der Waals surface area contributed by atoms with Crippen LogP contribution in [-0.4, -0.2) is 27.1 Å². The molecular weight excluding hydrogens is 344 g/mol. The number of rotatable bonds is 7. The highest BCUT2D eigenvalue weighted by Crippen LogP contribution is 2.23. The molecule has 0 fully saturated rings. The van der Waals surface area contributed by atoms with Crippen molar-refractivity contribution >= 4 is 17.8 Å². The van der Waals surface area contributed by atoms with E-state index in [1.165, 1.54) is 24.3 Å². The summed E-state index contributed by atoms with van der Waals surface area (Å²) in [6.45, 7) is 3.95. The number of carboxylic acid groups (broad SMARTS) is 1. The van der Waals surface area contributed by atoms with Gasteiger partial charge in [0.25, 0.3) is 0 Å². The lowest BCUT2D eigenvalue weighted by molar-refractivity contribution is -0.136. The van der Waals surface area contributed by atoms with Crippen molar-refractivity contribution < 1.29 is 24.9 Å². The number of carbonyl (C=O) groups is 2. The van der Waals surface area contributed by atoms with E-state index >= 15 is 0 Å². The monoisotopic (exact) mass is 366 g/mol. The molecule has 0 saturated heterocycles. The van der Waals surface area contributed by atoms with Crippen molar-refractivity contribution in [3.8, 4) is 11.5 Å². The van der Waals surface area contributed by atoms with Crippen LogP contribution in [0.4, 0.5) is 0 Å². The number of hydrogen-bond donors (Lipinski definition) is 3. The zero-order valence-electron chi connectivity index (χ0n) is 15.3. The van der Waals surface area contributed by atoms with Gasteiger partial charge in [-0.25, -0.2) is 0 Å². The van der Waals surface area contributed by atoms with Gasteiger partial charge >= 0.3 is 5.97 Å². The van der Waals surface area contributed by atoms with Gasteiger partial charge in [0.1, 0.15) is 11.5 Å². The lowest BCUT2D eigenvalue weighted by atomic mass is 10.0. The second-order valence-corrected chi connectivity index (χ2v) is 6.49. The lowest BCUT2D eigenvalue weighted by Gasteiger charge is -2.05. The molecule has 140 valence electrons. The highest BCUT2D eigenvalue weighted by Gasteiger charge is 2.11. The fraction of sp³-hybridized carbons (Fsp3) is 0.182. The van der Waals surface area contributed by atoms with Crippen LogP contribution in [0.1, 0.15) is 40.9 Å². The zero-order valence-corrected chi connectivity index (χ0v) is 15.3. The number of benzene rings is 2. The van der Waals surface area contributed by atoms with E-state index in [-0.39, 0.29) is 23.5 Å². The van der Waals surface area contributed by atoms with E-state index in [1.54, 1.807) is 24.3 Å². The Labute approximate surface area is 157 Å². The van der Waals surface area contributed by atoms with Crippen LogP contribution in [0.3, 0.4) is 0 Å². The van der Waals surface area contributed by atoms with E-state index in [4.69, 9.17) is 5.11 Å². The Hall–Kier alpha value is -3.34. The topological polar surface area (TPSA) is 94.8 Å². The van der Waals surface area contributed by atoms with Crippen molar-refractivity contribution in [3.05, 3.63) is 76.4 Å². The largest absolute Gasteiger partial charge is 0.508 e. The molecule has 0 aliphatic heterocycles. The first kappa shape index (κ1) is 20.0. The molecule has 5 heteroatoms. The molecule has 0 aliphatic rings. The molecule has 0 aliphatic carbocycles. The summed E-state index contributed by atoms with van der Waals surface area (Å²) in [5.74, 6) is -1.45. The predicted octanol–water partition coefficient (Wildman–Crippen LogP) is 4.13. The fourth-order valence-electron chi connectivity index (χ4n) is 2.51. The van der Waals surface area contributed by atoms with E-state index < -0.39 is 11.8 Å². The van der Waals surface area contributed by atoms with E-state index in [1.807, 2.05) is 19.9 Å². The summed E-state index contributed by atoms with van der Waals surface area (Å²) in [4.78, 5) is 23.2. The van der Waals surface area contributed by atoms with Crippen molar-refractivity contribution in [2.24, 2.45) is 0 Å². The van der Waals surface area contributed by atoms with E-state index in [0.717, 1.165) is 16.7 Å². The molecule has 0 aromatic heterocycles. The SMILES string of the molecule is CC(C)=CCc1cc(C=CC(=O)c2cc(CC(=O)O)ccc2O)ccc1O. The summed E-state index contributed by atoms with van der Waals surface area (Å²) in [6, 6.07) is 9.22. The first-order valence-corrected chi connectivity index (χ1v) is 8.47. The summed E-state index contributed by atoms with van der Waals surface area (Å²) in [5.41, 5.74) is 3.11. The maximum atomic E-state index is 12.4. The number of allylic oxidation sites excluding steroid dienone is 3. The Balaban J connectivity index is 2.23. The molecule has 0 radical (unpaired) electrons. The molecule has 2 rings (SSSR count). The number of phenolic OH excluding ortho intramolecular Hbond substituents is 2. The van der Waals surface area contributed by atoms with E-state index in [9.17, 15) is 19.8 Å². The van der Waals surface area contributed by atoms with E-state index in [0.29, 0.717) is 12.0 Å². The third kappa shape index (κ3) is 5.85. The van der Waals surface area contributed by atoms with Gasteiger partial charge in [-0.2, -0.15) is 0 Å². The van der Waals surface area contributed by atoms with Crippen LogP contribution in [-0.2, 0) is 17.6 Å². The van der Waals surface area contributed by atoms with Gasteiger partial charge in [-0.05, 0) is 67.3 Å². The Morgan fingerprint density at radius 2 is 1.70 bits per heavy atom. The minimum Gasteiger partial charge on any atom is -0.508 e. The number of phenols is 2. The quantitative estimate of drug-likeness (QED) is 0.389. The number of aliphatic carboxylic acids is 1. The van der Waals surface area contributed by atoms with Crippen molar-refractivity contribution in [1.29, 1.82) is 0 Å². The molecule has 2 aromatic rings. The third-order valence-corrected chi connectivity index (χ3v) is 3.94. The average molecular weight is 366 g/mol. The second kappa shape index (κ2) is 8.85. The average Bonchev–Trinajstić information content (AvgIpc) is 2.60. The minimum atomic E-state index is -1.01. The van der Waals surface area contributed by atoms with Gasteiger partial charge in [0.05, 0.1) is 12.0 Å². The first-order valence-electron chi connectivity index (χ1n) is 8.47. The Kier molecular flexibility index (Phi) is 6.55. The van der Waals surface area contributed by atoms with Gasteiger partial charge < -0.3 is 15.3 Å². The number of carboxylic acids is 1. The maximum Gasteiger partial charge on any atom is 0.307 e. The predicted molar refractivity (Wildman–Crippen MR) is 104 cm³/mol. The third-order valence-electron chi connectivity index (χ3n) is 3.94. The lowest BCUT2D eigenvalue weighted by Crippen LogP contribution is -2.02. The Morgan fingerprint density at radius 1 is 1.00 bits per heavy atom. The van der Waals surface area contributed by atoms with Crippen LogP contribution >= 0.6 is 0 Å². The van der Waals surface area contributed by atoms with Crippen LogP contribution < -0.4 is 0 Å². The van der Waals surface area contributed by atoms with Crippen LogP contribution in [0, 0.1) is 0 Å². The summed E-state index contributed by atoms with van der Waals surface area (Å²) in [5, 5.41) is 28.7. The summed E-state index contributed by atoms with van der Waals surface area (Å²) < 4.78 is 0. The molecule has 0 spiro atoms. The molecule has 0 atom stereocenters. The van der Waals surface area contributed by atoms with Gasteiger partial charge in [0.15, 0.2) is 5.78 Å². The van der Waals surface area contributed by atoms with E-state index in [2.05, 4.69) is 0 Å². The molecule has 0 amide bonds. The smallest absolute Gasteiger partial charge is 0.307 e. The second-order valence-electron chi connectivity index (χ2n) is 6.49. The van der Waals surface area contributed by atoms with Crippen LogP contribution in [0.25, 0.3) is 6.08 Å². The molecule has 2 aromatic carbocycles. The molecule has 0 bridgehead atoms. The van der Waals surface area contributed by atoms with Crippen LogP contribution in [0.2, 0.25) is 0 Å². The molecule has 3 N–H and O–H groups in total. The standard InChI is InChI=1S/C22H22O5/c1-14(2)3-7-17-11-15(4-8-19(17)23)5-9-20(24)18-12-16(13-22(26)27)6-10-21(18)25/h3-6,8-12,23,25H,7,13H2,1-2H3,(H,26,27). The molecule has 0 heterocycles. The zero-order chi connectivity index (χ0) is 20.0. The Bertz CT molecular complexity index is 918. The summed E-state index contributed by atoms with van der Waals surface area (Å²) >= 11 is 0. The van der Waals surface area contributed by atoms with Crippen molar-refractivity contribution in [2.45, 2.75) is 26.7 Å². The number of ketones is 1. The molecule has 0 unspecified atom stereocenters. The van der Waals surface area contributed by atoms with Gasteiger partial charge in [0, 0.05) is 0 Å². The van der Waals surface area contributed by atoms with Crippen molar-refractivity contribution in [3.63, 3.8) is 0 Å². The van der Waals surface area contributed by atoms with Gasteiger partial charge in [-0.3, -0.25) is 9.59 Å². The van der Waals surface area contributed by atoms with Crippen LogP contribution in [0.5, 0.6) is 11.5 Å². The molecule has 5 nitrogen and oxygen atoms in total. The van der Waals surface area contributed by atoms with Crippen LogP contribution in [0.15, 0.2) is 54.1 Å².